The van der Waals surface area contributed by atoms with Gasteiger partial charge in [0.15, 0.2) is 5.78 Å². The topological polar surface area (TPSA) is 74.7 Å². The summed E-state index contributed by atoms with van der Waals surface area (Å²) in [5, 5.41) is 8.81. The number of amides is 1. The minimum Gasteiger partial charge on any atom is -0.481 e. The number of aryl methyl sites for hydroxylation is 1. The summed E-state index contributed by atoms with van der Waals surface area (Å²) >= 11 is 0. The lowest BCUT2D eigenvalue weighted by Gasteiger charge is -2.32. The van der Waals surface area contributed by atoms with Gasteiger partial charge in [-0.25, -0.2) is 0 Å². The third kappa shape index (κ3) is 7.16. The molecule has 148 valence electrons. The number of piperidine rings is 1. The van der Waals surface area contributed by atoms with Gasteiger partial charge in [-0.3, -0.25) is 14.4 Å². The largest absolute Gasteiger partial charge is 0.481 e. The normalized spacial score (nSPS) is 16.9. The van der Waals surface area contributed by atoms with Gasteiger partial charge in [0.05, 0.1) is 0 Å². The van der Waals surface area contributed by atoms with E-state index < -0.39 is 5.97 Å². The van der Waals surface area contributed by atoms with Crippen molar-refractivity contribution in [3.05, 3.63) is 35.4 Å². The van der Waals surface area contributed by atoms with E-state index in [0.29, 0.717) is 25.1 Å². The molecule has 1 unspecified atom stereocenters. The summed E-state index contributed by atoms with van der Waals surface area (Å²) in [6, 6.07) is 7.73. The average molecular weight is 373 g/mol. The molecule has 0 spiro atoms. The van der Waals surface area contributed by atoms with E-state index in [-0.39, 0.29) is 36.9 Å². The molecule has 1 aliphatic rings. The molecule has 1 aromatic carbocycles. The minimum absolute atomic E-state index is 0.00272. The number of benzene rings is 1. The summed E-state index contributed by atoms with van der Waals surface area (Å²) in [6.45, 7) is 3.49. The van der Waals surface area contributed by atoms with E-state index in [1.807, 2.05) is 24.3 Å². The van der Waals surface area contributed by atoms with Crippen molar-refractivity contribution in [1.29, 1.82) is 0 Å². The molecule has 1 N–H and O–H groups in total. The van der Waals surface area contributed by atoms with E-state index in [4.69, 9.17) is 5.11 Å². The number of carbonyl (C=O) groups excluding carboxylic acids is 2. The summed E-state index contributed by atoms with van der Waals surface area (Å²) in [4.78, 5) is 37.3. The Morgan fingerprint density at radius 1 is 1.11 bits per heavy atom. The van der Waals surface area contributed by atoms with E-state index in [1.54, 1.807) is 4.90 Å². The molecule has 1 fully saturated rings. The average Bonchev–Trinajstić information content (AvgIpc) is 2.69. The van der Waals surface area contributed by atoms with E-state index in [2.05, 4.69) is 6.92 Å². The standard InChI is InChI=1S/C22H31NO4/c1-2-3-5-17-7-10-19(11-8-17)20(24)12-13-21(25)23-15-4-6-18(16-23)9-14-22(26)27/h7-8,10-11,18H,2-6,9,12-16H2,1H3,(H,26,27). The molecule has 0 aliphatic carbocycles. The van der Waals surface area contributed by atoms with Gasteiger partial charge < -0.3 is 10.0 Å². The smallest absolute Gasteiger partial charge is 0.303 e. The molecular formula is C22H31NO4. The number of Topliss-reactive ketones (excluding diaryl/α,β-unsaturated/α-hetero) is 1. The van der Waals surface area contributed by atoms with Gasteiger partial charge in [0, 0.05) is 37.9 Å². The first kappa shape index (κ1) is 21.1. The van der Waals surface area contributed by atoms with Gasteiger partial charge in [-0.2, -0.15) is 0 Å². The lowest BCUT2D eigenvalue weighted by molar-refractivity contribution is -0.137. The number of carbonyl (C=O) groups is 3. The fourth-order valence-corrected chi connectivity index (χ4v) is 3.62. The van der Waals surface area contributed by atoms with Gasteiger partial charge in [0.2, 0.25) is 5.91 Å². The summed E-state index contributed by atoms with van der Waals surface area (Å²) in [5.74, 6) is -0.525. The number of unbranched alkanes of at least 4 members (excludes halogenated alkanes) is 1. The molecule has 0 saturated carbocycles. The van der Waals surface area contributed by atoms with Crippen LogP contribution in [0.1, 0.15) is 74.2 Å². The highest BCUT2D eigenvalue weighted by Crippen LogP contribution is 2.22. The Morgan fingerprint density at radius 3 is 2.52 bits per heavy atom. The van der Waals surface area contributed by atoms with E-state index in [9.17, 15) is 14.4 Å². The quantitative estimate of drug-likeness (QED) is 0.627. The highest BCUT2D eigenvalue weighted by Gasteiger charge is 2.24. The van der Waals surface area contributed by atoms with Crippen molar-refractivity contribution in [3.8, 4) is 0 Å². The zero-order valence-corrected chi connectivity index (χ0v) is 16.3. The third-order valence-corrected chi connectivity index (χ3v) is 5.30. The number of rotatable bonds is 10. The molecule has 1 heterocycles. The second-order valence-electron chi connectivity index (χ2n) is 7.50. The van der Waals surface area contributed by atoms with E-state index in [1.165, 1.54) is 5.56 Å². The maximum atomic E-state index is 12.4. The molecule has 0 radical (unpaired) electrons. The second kappa shape index (κ2) is 10.9. The predicted molar refractivity (Wildman–Crippen MR) is 105 cm³/mol. The number of carboxylic acid groups (broad SMARTS) is 1. The van der Waals surface area contributed by atoms with Crippen LogP contribution in [-0.4, -0.2) is 40.8 Å². The van der Waals surface area contributed by atoms with Crippen molar-refractivity contribution in [2.75, 3.05) is 13.1 Å². The van der Waals surface area contributed by atoms with Gasteiger partial charge in [-0.15, -0.1) is 0 Å². The van der Waals surface area contributed by atoms with Crippen LogP contribution in [0.15, 0.2) is 24.3 Å². The monoisotopic (exact) mass is 373 g/mol. The van der Waals surface area contributed by atoms with Crippen molar-refractivity contribution in [2.24, 2.45) is 5.92 Å². The summed E-state index contributed by atoms with van der Waals surface area (Å²) in [6.07, 6.45) is 6.42. The summed E-state index contributed by atoms with van der Waals surface area (Å²) in [5.41, 5.74) is 1.91. The Labute approximate surface area is 161 Å². The van der Waals surface area contributed by atoms with Crippen LogP contribution in [0.25, 0.3) is 0 Å². The first-order valence-electron chi connectivity index (χ1n) is 10.1. The number of hydrogen-bond acceptors (Lipinski definition) is 3. The number of nitrogens with zero attached hydrogens (tertiary/aromatic N) is 1. The van der Waals surface area contributed by atoms with Gasteiger partial charge in [0.25, 0.3) is 0 Å². The summed E-state index contributed by atoms with van der Waals surface area (Å²) < 4.78 is 0. The first-order chi connectivity index (χ1) is 13.0. The molecule has 5 nitrogen and oxygen atoms in total. The molecule has 1 atom stereocenters. The first-order valence-corrected chi connectivity index (χ1v) is 10.1. The Morgan fingerprint density at radius 2 is 1.85 bits per heavy atom. The van der Waals surface area contributed by atoms with Crippen LogP contribution in [-0.2, 0) is 16.0 Å². The van der Waals surface area contributed by atoms with E-state index >= 15 is 0 Å². The zero-order chi connectivity index (χ0) is 19.6. The fourth-order valence-electron chi connectivity index (χ4n) is 3.62. The van der Waals surface area contributed by atoms with Crippen LogP contribution in [0.3, 0.4) is 0 Å². The number of hydrogen-bond donors (Lipinski definition) is 1. The minimum atomic E-state index is -0.787. The van der Waals surface area contributed by atoms with Crippen LogP contribution in [0.2, 0.25) is 0 Å². The molecule has 27 heavy (non-hydrogen) atoms. The molecule has 0 aromatic heterocycles. The summed E-state index contributed by atoms with van der Waals surface area (Å²) in [7, 11) is 0. The second-order valence-corrected chi connectivity index (χ2v) is 7.50. The Kier molecular flexibility index (Phi) is 8.49. The van der Waals surface area contributed by atoms with Gasteiger partial charge in [0.1, 0.15) is 0 Å². The Balaban J connectivity index is 1.78. The Hall–Kier alpha value is -2.17. The fraction of sp³-hybridized carbons (Fsp3) is 0.591. The van der Waals surface area contributed by atoms with Gasteiger partial charge in [-0.1, -0.05) is 37.6 Å². The van der Waals surface area contributed by atoms with E-state index in [0.717, 1.165) is 32.1 Å². The Bertz CT molecular complexity index is 638. The van der Waals surface area contributed by atoms with Crippen molar-refractivity contribution < 1.29 is 19.5 Å². The van der Waals surface area contributed by atoms with Crippen LogP contribution in [0.5, 0.6) is 0 Å². The number of likely N-dealkylation sites (tertiary alicyclic amines) is 1. The lowest BCUT2D eigenvalue weighted by atomic mass is 9.93. The molecule has 1 amide bonds. The van der Waals surface area contributed by atoms with Crippen LogP contribution in [0, 0.1) is 5.92 Å². The maximum Gasteiger partial charge on any atom is 0.303 e. The zero-order valence-electron chi connectivity index (χ0n) is 16.3. The molecule has 1 aromatic rings. The number of ketones is 1. The van der Waals surface area contributed by atoms with Crippen LogP contribution >= 0.6 is 0 Å². The van der Waals surface area contributed by atoms with Crippen molar-refractivity contribution in [1.82, 2.24) is 4.90 Å². The lowest BCUT2D eigenvalue weighted by Crippen LogP contribution is -2.40. The number of aliphatic carboxylic acids is 1. The maximum absolute atomic E-state index is 12.4. The predicted octanol–water partition coefficient (Wildman–Crippen LogP) is 4.10. The third-order valence-electron chi connectivity index (χ3n) is 5.30. The molecular weight excluding hydrogens is 342 g/mol. The van der Waals surface area contributed by atoms with Crippen LogP contribution < -0.4 is 0 Å². The highest BCUT2D eigenvalue weighted by molar-refractivity contribution is 5.98. The number of carboxylic acids is 1. The van der Waals surface area contributed by atoms with Gasteiger partial charge in [-0.05, 0) is 43.6 Å². The van der Waals surface area contributed by atoms with Crippen molar-refractivity contribution in [3.63, 3.8) is 0 Å². The molecule has 0 bridgehead atoms. The van der Waals surface area contributed by atoms with Crippen molar-refractivity contribution >= 4 is 17.7 Å². The van der Waals surface area contributed by atoms with Crippen LogP contribution in [0.4, 0.5) is 0 Å². The molecule has 1 saturated heterocycles. The van der Waals surface area contributed by atoms with Gasteiger partial charge >= 0.3 is 5.97 Å². The SMILES string of the molecule is CCCCc1ccc(C(=O)CCC(=O)N2CCCC(CCC(=O)O)C2)cc1. The highest BCUT2D eigenvalue weighted by atomic mass is 16.4. The molecule has 2 rings (SSSR count). The van der Waals surface area contributed by atoms with Crippen molar-refractivity contribution in [2.45, 2.75) is 64.7 Å². The molecule has 5 heteroatoms. The molecule has 1 aliphatic heterocycles.